The van der Waals surface area contributed by atoms with Crippen molar-refractivity contribution in [2.24, 2.45) is 0 Å². The first-order valence-electron chi connectivity index (χ1n) is 4.10. The monoisotopic (exact) mass is 207 g/mol. The number of hydrogen-bond donors (Lipinski definition) is 0. The van der Waals surface area contributed by atoms with Crippen LogP contribution >= 0.6 is 0 Å². The first kappa shape index (κ1) is 10.9. The van der Waals surface area contributed by atoms with Gasteiger partial charge >= 0.3 is 5.69 Å². The molecule has 0 aliphatic carbocycles. The number of nitro groups is 1. The lowest BCUT2D eigenvalue weighted by molar-refractivity contribution is -0.386. The van der Waals surface area contributed by atoms with Crippen LogP contribution in [-0.2, 0) is 0 Å². The van der Waals surface area contributed by atoms with Crippen LogP contribution in [0.1, 0.15) is 10.4 Å². The Morgan fingerprint density at radius 1 is 1.60 bits per heavy atom. The minimum Gasteiger partial charge on any atom is -0.490 e. The molecule has 78 valence electrons. The molecule has 0 radical (unpaired) electrons. The largest absolute Gasteiger partial charge is 0.490 e. The Morgan fingerprint density at radius 3 is 2.73 bits per heavy atom. The Hall–Kier alpha value is -2.17. The van der Waals surface area contributed by atoms with Gasteiger partial charge in [0, 0.05) is 0 Å². The summed E-state index contributed by atoms with van der Waals surface area (Å²) in [6.07, 6.45) is 1.03. The summed E-state index contributed by atoms with van der Waals surface area (Å²) >= 11 is 0. The van der Waals surface area contributed by atoms with Crippen molar-refractivity contribution in [3.8, 4) is 5.75 Å². The molecule has 1 rings (SSSR count). The fraction of sp³-hybridized carbons (Fsp3) is 0.100. The molecular weight excluding hydrogens is 198 g/mol. The lowest BCUT2D eigenvalue weighted by atomic mass is 10.1. The minimum absolute atomic E-state index is 0.0191. The summed E-state index contributed by atoms with van der Waals surface area (Å²) in [6, 6.07) is 4.31. The van der Waals surface area contributed by atoms with E-state index in [-0.39, 0.29) is 17.0 Å². The van der Waals surface area contributed by atoms with E-state index < -0.39 is 10.7 Å². The molecule has 5 nitrogen and oxygen atoms in total. The molecule has 0 N–H and O–H groups in total. The van der Waals surface area contributed by atoms with E-state index in [1.165, 1.54) is 25.3 Å². The number of nitro benzene ring substituents is 1. The number of nitrogens with zero attached hydrogens (tertiary/aromatic N) is 1. The van der Waals surface area contributed by atoms with Crippen molar-refractivity contribution in [3.05, 3.63) is 46.5 Å². The average molecular weight is 207 g/mol. The molecule has 0 unspecified atom stereocenters. The predicted octanol–water partition coefficient (Wildman–Crippen LogP) is 1.97. The summed E-state index contributed by atoms with van der Waals surface area (Å²) < 4.78 is 4.81. The van der Waals surface area contributed by atoms with E-state index in [0.717, 1.165) is 6.08 Å². The average Bonchev–Trinajstić information content (AvgIpc) is 2.26. The van der Waals surface area contributed by atoms with Gasteiger partial charge in [-0.05, 0) is 18.2 Å². The van der Waals surface area contributed by atoms with Gasteiger partial charge in [-0.25, -0.2) is 0 Å². The number of ether oxygens (including phenoxy) is 1. The van der Waals surface area contributed by atoms with Crippen LogP contribution in [-0.4, -0.2) is 17.8 Å². The molecule has 0 bridgehead atoms. The first-order chi connectivity index (χ1) is 7.11. The summed E-state index contributed by atoms with van der Waals surface area (Å²) in [5.74, 6) is -0.437. The van der Waals surface area contributed by atoms with Crippen LogP contribution in [0.4, 0.5) is 5.69 Å². The van der Waals surface area contributed by atoms with Crippen molar-refractivity contribution in [3.63, 3.8) is 0 Å². The number of allylic oxidation sites excluding steroid dienone is 1. The zero-order chi connectivity index (χ0) is 11.4. The van der Waals surface area contributed by atoms with Crippen LogP contribution in [0, 0.1) is 10.1 Å². The zero-order valence-electron chi connectivity index (χ0n) is 8.10. The summed E-state index contributed by atoms with van der Waals surface area (Å²) in [6.45, 7) is 3.28. The zero-order valence-corrected chi connectivity index (χ0v) is 8.10. The van der Waals surface area contributed by atoms with Crippen molar-refractivity contribution in [1.82, 2.24) is 0 Å². The predicted molar refractivity (Wildman–Crippen MR) is 54.2 cm³/mol. The molecule has 1 aromatic carbocycles. The smallest absolute Gasteiger partial charge is 0.321 e. The first-order valence-corrected chi connectivity index (χ1v) is 4.10. The number of benzene rings is 1. The van der Waals surface area contributed by atoms with Crippen LogP contribution in [0.5, 0.6) is 5.75 Å². The van der Waals surface area contributed by atoms with Crippen LogP contribution in [0.2, 0.25) is 0 Å². The molecule has 0 atom stereocenters. The van der Waals surface area contributed by atoms with Gasteiger partial charge in [0.15, 0.2) is 11.5 Å². The number of para-hydroxylation sites is 1. The van der Waals surface area contributed by atoms with Gasteiger partial charge in [0.25, 0.3) is 0 Å². The second kappa shape index (κ2) is 4.36. The van der Waals surface area contributed by atoms with Crippen molar-refractivity contribution in [2.75, 3.05) is 7.11 Å². The van der Waals surface area contributed by atoms with E-state index in [1.54, 1.807) is 0 Å². The maximum absolute atomic E-state index is 11.3. The molecule has 0 fully saturated rings. The molecule has 15 heavy (non-hydrogen) atoms. The van der Waals surface area contributed by atoms with E-state index in [9.17, 15) is 14.9 Å². The number of carbonyl (C=O) groups is 1. The maximum atomic E-state index is 11.3. The molecule has 0 heterocycles. The number of ketones is 1. The van der Waals surface area contributed by atoms with Crippen LogP contribution in [0.3, 0.4) is 0 Å². The Morgan fingerprint density at radius 2 is 2.27 bits per heavy atom. The molecule has 0 aromatic heterocycles. The van der Waals surface area contributed by atoms with Gasteiger partial charge in [-0.3, -0.25) is 14.9 Å². The number of hydrogen-bond acceptors (Lipinski definition) is 4. The highest BCUT2D eigenvalue weighted by Crippen LogP contribution is 2.30. The third kappa shape index (κ3) is 2.01. The highest BCUT2D eigenvalue weighted by atomic mass is 16.6. The topological polar surface area (TPSA) is 69.4 Å². The van der Waals surface area contributed by atoms with E-state index >= 15 is 0 Å². The van der Waals surface area contributed by atoms with E-state index in [0.29, 0.717) is 0 Å². The third-order valence-corrected chi connectivity index (χ3v) is 1.85. The van der Waals surface area contributed by atoms with Crippen LogP contribution in [0.25, 0.3) is 0 Å². The maximum Gasteiger partial charge on any atom is 0.321 e. The van der Waals surface area contributed by atoms with Gasteiger partial charge in [0.1, 0.15) is 5.56 Å². The SMILES string of the molecule is C=CC(=O)c1cccc(OC)c1[N+](=O)[O-]. The molecule has 0 saturated carbocycles. The Bertz CT molecular complexity index is 425. The number of rotatable bonds is 4. The lowest BCUT2D eigenvalue weighted by Crippen LogP contribution is -2.03. The van der Waals surface area contributed by atoms with Gasteiger partial charge in [-0.15, -0.1) is 0 Å². The van der Waals surface area contributed by atoms with E-state index in [1.807, 2.05) is 0 Å². The summed E-state index contributed by atoms with van der Waals surface area (Å²) in [5, 5.41) is 10.8. The molecule has 0 aliphatic heterocycles. The standard InChI is InChI=1S/C10H9NO4/c1-3-8(12)7-5-4-6-9(15-2)10(7)11(13)14/h3-6H,1H2,2H3. The molecule has 0 amide bonds. The van der Waals surface area contributed by atoms with Crippen molar-refractivity contribution in [2.45, 2.75) is 0 Å². The highest BCUT2D eigenvalue weighted by Gasteiger charge is 2.23. The Balaban J connectivity index is 3.44. The molecule has 0 spiro atoms. The second-order valence-corrected chi connectivity index (χ2v) is 2.68. The van der Waals surface area contributed by atoms with Crippen LogP contribution in [0.15, 0.2) is 30.9 Å². The van der Waals surface area contributed by atoms with Gasteiger partial charge in [0.2, 0.25) is 0 Å². The van der Waals surface area contributed by atoms with E-state index in [4.69, 9.17) is 4.74 Å². The normalized spacial score (nSPS) is 9.40. The Kier molecular flexibility index (Phi) is 3.17. The second-order valence-electron chi connectivity index (χ2n) is 2.68. The molecular formula is C10H9NO4. The van der Waals surface area contributed by atoms with Crippen molar-refractivity contribution in [1.29, 1.82) is 0 Å². The van der Waals surface area contributed by atoms with Crippen molar-refractivity contribution >= 4 is 11.5 Å². The summed E-state index contributed by atoms with van der Waals surface area (Å²) in [4.78, 5) is 21.4. The molecule has 0 saturated heterocycles. The lowest BCUT2D eigenvalue weighted by Gasteiger charge is -2.03. The van der Waals surface area contributed by atoms with Crippen LogP contribution < -0.4 is 4.74 Å². The summed E-state index contributed by atoms with van der Waals surface area (Å²) in [5.41, 5.74) is -0.348. The number of carbonyl (C=O) groups excluding carboxylic acids is 1. The van der Waals surface area contributed by atoms with Gasteiger partial charge in [0.05, 0.1) is 12.0 Å². The highest BCUT2D eigenvalue weighted by molar-refractivity contribution is 6.07. The van der Waals surface area contributed by atoms with Crippen molar-refractivity contribution < 1.29 is 14.5 Å². The quantitative estimate of drug-likeness (QED) is 0.327. The van der Waals surface area contributed by atoms with Gasteiger partial charge in [-0.2, -0.15) is 0 Å². The minimum atomic E-state index is -0.643. The van der Waals surface area contributed by atoms with Gasteiger partial charge in [-0.1, -0.05) is 12.6 Å². The summed E-state index contributed by atoms with van der Waals surface area (Å²) in [7, 11) is 1.31. The fourth-order valence-corrected chi connectivity index (χ4v) is 1.18. The third-order valence-electron chi connectivity index (χ3n) is 1.85. The molecule has 1 aromatic rings. The molecule has 5 heteroatoms. The molecule has 0 aliphatic rings. The number of methoxy groups -OCH3 is 1. The Labute approximate surface area is 86.1 Å². The fourth-order valence-electron chi connectivity index (χ4n) is 1.18. The van der Waals surface area contributed by atoms with Gasteiger partial charge < -0.3 is 4.74 Å². The van der Waals surface area contributed by atoms with E-state index in [2.05, 4.69) is 6.58 Å².